The van der Waals surface area contributed by atoms with E-state index in [0.29, 0.717) is 13.1 Å². The summed E-state index contributed by atoms with van der Waals surface area (Å²) in [6.07, 6.45) is 0. The minimum atomic E-state index is -0.272. The average molecular weight is 175 g/mol. The van der Waals surface area contributed by atoms with Crippen molar-refractivity contribution in [2.45, 2.75) is 0 Å². The number of H-pyrrole nitrogens is 1. The van der Waals surface area contributed by atoms with Crippen molar-refractivity contribution in [1.82, 2.24) is 8.75 Å². The molecule has 0 radical (unpaired) electrons. The van der Waals surface area contributed by atoms with Gasteiger partial charge in [-0.05, 0) is 0 Å². The monoisotopic (exact) mass is 175 g/mol. The Balaban J connectivity index is 2.75. The van der Waals surface area contributed by atoms with E-state index in [0.717, 1.165) is 11.7 Å². The molecule has 0 amide bonds. The topological polar surface area (TPSA) is 101 Å². The van der Waals surface area contributed by atoms with Crippen LogP contribution in [0.25, 0.3) is 0 Å². The van der Waals surface area contributed by atoms with Gasteiger partial charge in [-0.1, -0.05) is 0 Å². The Morgan fingerprint density at radius 1 is 1.73 bits per heavy atom. The second-order valence-electron chi connectivity index (χ2n) is 1.92. The Morgan fingerprint density at radius 3 is 2.91 bits per heavy atom. The van der Waals surface area contributed by atoms with Crippen LogP contribution in [0.2, 0.25) is 0 Å². The highest BCUT2D eigenvalue weighted by atomic mass is 32.1. The first kappa shape index (κ1) is 8.18. The predicted octanol–water partition coefficient (Wildman–Crippen LogP) is -1.53. The van der Waals surface area contributed by atoms with Crippen molar-refractivity contribution in [2.24, 2.45) is 11.6 Å². The van der Waals surface area contributed by atoms with Crippen LogP contribution in [0.4, 0.5) is 5.82 Å². The molecule has 0 saturated heterocycles. The third-order valence-corrected chi connectivity index (χ3v) is 1.66. The van der Waals surface area contributed by atoms with Crippen LogP contribution in [0.15, 0.2) is 4.79 Å². The molecule has 11 heavy (non-hydrogen) atoms. The Kier molecular flexibility index (Phi) is 2.58. The Hall–Kier alpha value is -0.920. The first-order chi connectivity index (χ1) is 5.25. The molecule has 0 unspecified atom stereocenters. The van der Waals surface area contributed by atoms with Crippen LogP contribution in [0.1, 0.15) is 0 Å². The van der Waals surface area contributed by atoms with Gasteiger partial charge < -0.3 is 5.73 Å². The molecule has 1 aromatic heterocycles. The predicted molar refractivity (Wildman–Crippen MR) is 43.3 cm³/mol. The van der Waals surface area contributed by atoms with E-state index >= 15 is 0 Å². The number of nitrogens with one attached hydrogen (secondary N) is 1. The summed E-state index contributed by atoms with van der Waals surface area (Å²) in [5.41, 5.74) is 4.96. The van der Waals surface area contributed by atoms with Crippen LogP contribution >= 0.6 is 11.7 Å². The summed E-state index contributed by atoms with van der Waals surface area (Å²) in [6.45, 7) is 0.820. The zero-order valence-electron chi connectivity index (χ0n) is 5.78. The van der Waals surface area contributed by atoms with Crippen LogP contribution in [0, 0.1) is 0 Å². The van der Waals surface area contributed by atoms with E-state index in [1.54, 1.807) is 0 Å². The summed E-state index contributed by atoms with van der Waals surface area (Å²) >= 11 is 0.970. The second kappa shape index (κ2) is 3.46. The zero-order chi connectivity index (χ0) is 8.27. The van der Waals surface area contributed by atoms with Gasteiger partial charge in [-0.15, -0.1) is 0 Å². The molecule has 1 rings (SSSR count). The largest absolute Gasteiger partial charge is 0.329 e. The van der Waals surface area contributed by atoms with E-state index in [1.807, 2.05) is 0 Å². The maximum atomic E-state index is 10.9. The Labute approximate surface area is 67.1 Å². The second-order valence-corrected chi connectivity index (χ2v) is 2.49. The third kappa shape index (κ3) is 1.76. The minimum Gasteiger partial charge on any atom is -0.329 e. The molecule has 0 saturated carbocycles. The van der Waals surface area contributed by atoms with E-state index in [1.165, 1.54) is 5.01 Å². The van der Waals surface area contributed by atoms with Gasteiger partial charge in [-0.3, -0.25) is 14.2 Å². The first-order valence-corrected chi connectivity index (χ1v) is 3.79. The van der Waals surface area contributed by atoms with Gasteiger partial charge in [0.2, 0.25) is 5.82 Å². The summed E-state index contributed by atoms with van der Waals surface area (Å²) in [6, 6.07) is 0. The van der Waals surface area contributed by atoms with Gasteiger partial charge in [-0.2, -0.15) is 4.37 Å². The summed E-state index contributed by atoms with van der Waals surface area (Å²) in [5.74, 6) is 5.65. The van der Waals surface area contributed by atoms with Crippen LogP contribution in [-0.2, 0) is 0 Å². The fourth-order valence-corrected chi connectivity index (χ4v) is 1.12. The molecular formula is C4H9N5OS. The van der Waals surface area contributed by atoms with E-state index in [2.05, 4.69) is 8.75 Å². The molecule has 0 aliphatic rings. The smallest absolute Gasteiger partial charge is 0.303 e. The zero-order valence-corrected chi connectivity index (χ0v) is 6.60. The quantitative estimate of drug-likeness (QED) is 0.382. The van der Waals surface area contributed by atoms with Crippen molar-refractivity contribution in [3.05, 3.63) is 10.4 Å². The van der Waals surface area contributed by atoms with Crippen molar-refractivity contribution in [3.8, 4) is 0 Å². The normalized spacial score (nSPS) is 10.0. The molecule has 0 aliphatic carbocycles. The lowest BCUT2D eigenvalue weighted by atomic mass is 10.6. The van der Waals surface area contributed by atoms with E-state index in [9.17, 15) is 4.79 Å². The molecule has 0 aliphatic heterocycles. The van der Waals surface area contributed by atoms with Crippen molar-refractivity contribution in [3.63, 3.8) is 0 Å². The maximum Gasteiger partial charge on any atom is 0.303 e. The first-order valence-electron chi connectivity index (χ1n) is 3.02. The fraction of sp³-hybridized carbons (Fsp3) is 0.500. The van der Waals surface area contributed by atoms with Crippen LogP contribution in [-0.4, -0.2) is 21.8 Å². The van der Waals surface area contributed by atoms with Gasteiger partial charge in [0.25, 0.3) is 0 Å². The molecule has 0 spiro atoms. The summed E-state index contributed by atoms with van der Waals surface area (Å²) in [4.78, 5) is 10.9. The molecule has 7 heteroatoms. The molecule has 62 valence electrons. The van der Waals surface area contributed by atoms with E-state index in [-0.39, 0.29) is 11.4 Å². The minimum absolute atomic E-state index is 0.223. The molecular weight excluding hydrogens is 166 g/mol. The van der Waals surface area contributed by atoms with Gasteiger partial charge in [0.05, 0.1) is 0 Å². The van der Waals surface area contributed by atoms with E-state index in [4.69, 9.17) is 11.6 Å². The molecule has 1 aromatic rings. The highest BCUT2D eigenvalue weighted by Crippen LogP contribution is 1.97. The molecule has 0 bridgehead atoms. The SMILES string of the molecule is NCCN(N)c1ns[nH]c1=O. The lowest BCUT2D eigenvalue weighted by molar-refractivity contribution is 0.818. The number of aromatic nitrogens is 2. The maximum absolute atomic E-state index is 10.9. The molecule has 0 aromatic carbocycles. The van der Waals surface area contributed by atoms with Gasteiger partial charge in [0.15, 0.2) is 0 Å². The van der Waals surface area contributed by atoms with Crippen LogP contribution in [0.3, 0.4) is 0 Å². The van der Waals surface area contributed by atoms with Gasteiger partial charge >= 0.3 is 5.56 Å². The number of nitrogens with zero attached hydrogens (tertiary/aromatic N) is 2. The Morgan fingerprint density at radius 2 is 2.45 bits per heavy atom. The lowest BCUT2D eigenvalue weighted by Gasteiger charge is -2.11. The average Bonchev–Trinajstić information content (AvgIpc) is 2.36. The highest BCUT2D eigenvalue weighted by molar-refractivity contribution is 6.99. The Bertz CT molecular complexity index is 267. The summed E-state index contributed by atoms with van der Waals surface area (Å²) < 4.78 is 6.17. The standard InChI is InChI=1S/C4H9N5OS/c5-1-2-9(6)3-4(10)8-11-7-3/h1-2,5-6H2,(H,8,10). The number of hydrogen-bond donors (Lipinski definition) is 3. The number of nitrogens with two attached hydrogens (primary N) is 2. The van der Waals surface area contributed by atoms with Crippen LogP contribution in [0.5, 0.6) is 0 Å². The van der Waals surface area contributed by atoms with Crippen LogP contribution < -0.4 is 22.1 Å². The molecule has 1 heterocycles. The molecule has 0 fully saturated rings. The lowest BCUT2D eigenvalue weighted by Crippen LogP contribution is -2.38. The third-order valence-electron chi connectivity index (χ3n) is 1.12. The van der Waals surface area contributed by atoms with Crippen molar-refractivity contribution in [1.29, 1.82) is 0 Å². The van der Waals surface area contributed by atoms with Crippen molar-refractivity contribution in [2.75, 3.05) is 18.1 Å². The number of hydrogen-bond acceptors (Lipinski definition) is 6. The molecule has 0 atom stereocenters. The highest BCUT2D eigenvalue weighted by Gasteiger charge is 2.07. The van der Waals surface area contributed by atoms with Gasteiger partial charge in [-0.25, -0.2) is 5.84 Å². The fourth-order valence-electron chi connectivity index (χ4n) is 0.622. The summed E-state index contributed by atoms with van der Waals surface area (Å²) in [5, 5.41) is 1.23. The van der Waals surface area contributed by atoms with Crippen molar-refractivity contribution >= 4 is 17.5 Å². The number of aromatic amines is 1. The van der Waals surface area contributed by atoms with Crippen molar-refractivity contribution < 1.29 is 0 Å². The molecule has 6 nitrogen and oxygen atoms in total. The number of rotatable bonds is 3. The number of anilines is 1. The van der Waals surface area contributed by atoms with Gasteiger partial charge in [0.1, 0.15) is 0 Å². The van der Waals surface area contributed by atoms with E-state index < -0.39 is 0 Å². The molecule has 5 N–H and O–H groups in total. The van der Waals surface area contributed by atoms with Gasteiger partial charge in [0, 0.05) is 24.8 Å². The summed E-state index contributed by atoms with van der Waals surface area (Å²) in [7, 11) is 0. The number of hydrazine groups is 1.